The summed E-state index contributed by atoms with van der Waals surface area (Å²) in [5.41, 5.74) is 4.77. The van der Waals surface area contributed by atoms with Gasteiger partial charge < -0.3 is 18.3 Å². The van der Waals surface area contributed by atoms with Crippen LogP contribution in [0.1, 0.15) is 63.8 Å². The standard InChI is InChI=1S/C32H52O4Si2/c1-31(2,3)37(7,8)35-25-29-17-13-27(14-18-29)23-33-21-11-12-22-34-24-28-15-19-30(20-16-28)26-36-38(9,10)32(4,5)6/h11-20H,21-26H2,1-10H3/b12-11+. The molecule has 0 aliphatic heterocycles. The van der Waals surface area contributed by atoms with Crippen molar-refractivity contribution in [3.05, 3.63) is 82.9 Å². The van der Waals surface area contributed by atoms with Crippen LogP contribution in [0, 0.1) is 0 Å². The molecule has 2 aromatic rings. The first-order chi connectivity index (χ1) is 17.6. The fourth-order valence-corrected chi connectivity index (χ4v) is 4.97. The van der Waals surface area contributed by atoms with Gasteiger partial charge in [0, 0.05) is 0 Å². The summed E-state index contributed by atoms with van der Waals surface area (Å²) in [7, 11) is -3.45. The number of benzene rings is 2. The predicted octanol–water partition coefficient (Wildman–Crippen LogP) is 9.02. The van der Waals surface area contributed by atoms with E-state index in [1.165, 1.54) is 22.3 Å². The first-order valence-electron chi connectivity index (χ1n) is 13.8. The second-order valence-corrected chi connectivity index (χ2v) is 22.9. The number of hydrogen-bond donors (Lipinski definition) is 0. The molecule has 4 nitrogen and oxygen atoms in total. The number of rotatable bonds is 14. The summed E-state index contributed by atoms with van der Waals surface area (Å²) >= 11 is 0. The largest absolute Gasteiger partial charge is 0.413 e. The molecule has 38 heavy (non-hydrogen) atoms. The highest BCUT2D eigenvalue weighted by Crippen LogP contribution is 2.38. The molecule has 0 saturated heterocycles. The van der Waals surface area contributed by atoms with Crippen LogP contribution >= 0.6 is 0 Å². The molecule has 0 atom stereocenters. The van der Waals surface area contributed by atoms with Gasteiger partial charge in [0.2, 0.25) is 0 Å². The average Bonchev–Trinajstić information content (AvgIpc) is 2.83. The molecule has 0 unspecified atom stereocenters. The third kappa shape index (κ3) is 10.9. The van der Waals surface area contributed by atoms with Gasteiger partial charge in [0.05, 0.1) is 39.6 Å². The van der Waals surface area contributed by atoms with Crippen LogP contribution in [0.4, 0.5) is 0 Å². The summed E-state index contributed by atoms with van der Waals surface area (Å²) in [6, 6.07) is 17.1. The zero-order valence-corrected chi connectivity index (χ0v) is 27.6. The Labute approximate surface area is 235 Å². The predicted molar refractivity (Wildman–Crippen MR) is 165 cm³/mol. The Morgan fingerprint density at radius 2 is 0.763 bits per heavy atom. The lowest BCUT2D eigenvalue weighted by molar-refractivity contribution is 0.140. The fourth-order valence-electron chi connectivity index (χ4n) is 3.05. The van der Waals surface area contributed by atoms with E-state index in [4.69, 9.17) is 18.3 Å². The second-order valence-electron chi connectivity index (χ2n) is 13.2. The van der Waals surface area contributed by atoms with Crippen molar-refractivity contribution < 1.29 is 18.3 Å². The second kappa shape index (κ2) is 14.2. The molecule has 0 N–H and O–H groups in total. The summed E-state index contributed by atoms with van der Waals surface area (Å²) in [5.74, 6) is 0. The minimum Gasteiger partial charge on any atom is -0.413 e. The summed E-state index contributed by atoms with van der Waals surface area (Å²) in [4.78, 5) is 0. The van der Waals surface area contributed by atoms with E-state index in [1.807, 2.05) is 12.2 Å². The van der Waals surface area contributed by atoms with Gasteiger partial charge in [0.15, 0.2) is 16.6 Å². The Hall–Kier alpha value is -1.55. The molecule has 0 heterocycles. The van der Waals surface area contributed by atoms with Crippen molar-refractivity contribution in [2.75, 3.05) is 13.2 Å². The molecular weight excluding hydrogens is 505 g/mol. The molecule has 0 amide bonds. The van der Waals surface area contributed by atoms with Gasteiger partial charge in [0.1, 0.15) is 0 Å². The highest BCUT2D eigenvalue weighted by molar-refractivity contribution is 6.74. The maximum absolute atomic E-state index is 6.31. The average molecular weight is 557 g/mol. The fraction of sp³-hybridized carbons (Fsp3) is 0.562. The lowest BCUT2D eigenvalue weighted by atomic mass is 10.1. The van der Waals surface area contributed by atoms with Crippen molar-refractivity contribution in [3.63, 3.8) is 0 Å². The Bertz CT molecular complexity index is 901. The molecule has 0 radical (unpaired) electrons. The van der Waals surface area contributed by atoms with Gasteiger partial charge in [-0.2, -0.15) is 0 Å². The first kappa shape index (κ1) is 32.7. The van der Waals surface area contributed by atoms with Gasteiger partial charge in [-0.15, -0.1) is 0 Å². The molecule has 212 valence electrons. The molecule has 2 rings (SSSR count). The van der Waals surface area contributed by atoms with Crippen molar-refractivity contribution in [1.82, 2.24) is 0 Å². The van der Waals surface area contributed by atoms with Gasteiger partial charge in [-0.3, -0.25) is 0 Å². The molecule has 0 aliphatic rings. The van der Waals surface area contributed by atoms with Crippen molar-refractivity contribution >= 4 is 16.6 Å². The van der Waals surface area contributed by atoms with Crippen LogP contribution in [0.5, 0.6) is 0 Å². The van der Waals surface area contributed by atoms with Crippen molar-refractivity contribution in [3.8, 4) is 0 Å². The first-order valence-corrected chi connectivity index (χ1v) is 19.7. The smallest absolute Gasteiger partial charge is 0.192 e. The molecular formula is C32H52O4Si2. The monoisotopic (exact) mass is 556 g/mol. The summed E-state index contributed by atoms with van der Waals surface area (Å²) in [6.07, 6.45) is 4.03. The molecule has 0 spiro atoms. The highest BCUT2D eigenvalue weighted by atomic mass is 28.4. The zero-order chi connectivity index (χ0) is 28.5. The Balaban J connectivity index is 1.61. The number of ether oxygens (including phenoxy) is 2. The van der Waals surface area contributed by atoms with Crippen molar-refractivity contribution in [2.24, 2.45) is 0 Å². The van der Waals surface area contributed by atoms with Crippen LogP contribution in [0.15, 0.2) is 60.7 Å². The van der Waals surface area contributed by atoms with Crippen LogP contribution in [-0.2, 0) is 44.8 Å². The Kier molecular flexibility index (Phi) is 12.2. The molecule has 6 heteroatoms. The molecule has 0 aromatic heterocycles. The zero-order valence-electron chi connectivity index (χ0n) is 25.6. The van der Waals surface area contributed by atoms with Crippen LogP contribution in [0.25, 0.3) is 0 Å². The topological polar surface area (TPSA) is 36.9 Å². The van der Waals surface area contributed by atoms with Gasteiger partial charge in [0.25, 0.3) is 0 Å². The third-order valence-electron chi connectivity index (χ3n) is 7.99. The van der Waals surface area contributed by atoms with Gasteiger partial charge in [-0.05, 0) is 58.5 Å². The molecule has 0 fully saturated rings. The molecule has 0 bridgehead atoms. The van der Waals surface area contributed by atoms with Crippen molar-refractivity contribution in [2.45, 2.75) is 104 Å². The quantitative estimate of drug-likeness (QED) is 0.132. The maximum Gasteiger partial charge on any atom is 0.192 e. The minimum atomic E-state index is -1.72. The van der Waals surface area contributed by atoms with E-state index < -0.39 is 16.6 Å². The van der Waals surface area contributed by atoms with Gasteiger partial charge >= 0.3 is 0 Å². The SMILES string of the molecule is CC(C)(C)[Si](C)(C)OCc1ccc(COC/C=C/COCc2ccc(CO[Si](C)(C)C(C)(C)C)cc2)cc1. The Morgan fingerprint density at radius 1 is 0.500 bits per heavy atom. The van der Waals surface area contributed by atoms with E-state index in [2.05, 4.69) is 116 Å². The third-order valence-corrected chi connectivity index (χ3v) is 16.9. The molecule has 2 aromatic carbocycles. The van der Waals surface area contributed by atoms with E-state index >= 15 is 0 Å². The van der Waals surface area contributed by atoms with Gasteiger partial charge in [-0.1, -0.05) is 102 Å². The summed E-state index contributed by atoms with van der Waals surface area (Å²) in [6.45, 7) is 26.5. The normalized spacial score (nSPS) is 13.4. The maximum atomic E-state index is 6.31. The van der Waals surface area contributed by atoms with Crippen LogP contribution in [0.3, 0.4) is 0 Å². The van der Waals surface area contributed by atoms with Gasteiger partial charge in [-0.25, -0.2) is 0 Å². The van der Waals surface area contributed by atoms with E-state index in [0.717, 1.165) is 0 Å². The van der Waals surface area contributed by atoms with Crippen LogP contribution < -0.4 is 0 Å². The lowest BCUT2D eigenvalue weighted by Crippen LogP contribution is -2.40. The van der Waals surface area contributed by atoms with E-state index in [9.17, 15) is 0 Å². The molecule has 0 aliphatic carbocycles. The summed E-state index contributed by atoms with van der Waals surface area (Å²) < 4.78 is 24.2. The molecule has 0 saturated carbocycles. The van der Waals surface area contributed by atoms with E-state index in [1.54, 1.807) is 0 Å². The van der Waals surface area contributed by atoms with Crippen LogP contribution in [-0.4, -0.2) is 29.8 Å². The number of hydrogen-bond acceptors (Lipinski definition) is 4. The minimum absolute atomic E-state index is 0.227. The lowest BCUT2D eigenvalue weighted by Gasteiger charge is -2.36. The highest BCUT2D eigenvalue weighted by Gasteiger charge is 2.37. The van der Waals surface area contributed by atoms with Crippen LogP contribution in [0.2, 0.25) is 36.3 Å². The summed E-state index contributed by atoms with van der Waals surface area (Å²) in [5, 5.41) is 0.455. The van der Waals surface area contributed by atoms with Crippen molar-refractivity contribution in [1.29, 1.82) is 0 Å². The van der Waals surface area contributed by atoms with E-state index in [-0.39, 0.29) is 10.1 Å². The Morgan fingerprint density at radius 3 is 1.03 bits per heavy atom. The van der Waals surface area contributed by atoms with E-state index in [0.29, 0.717) is 39.6 Å².